The van der Waals surface area contributed by atoms with Gasteiger partial charge in [0.2, 0.25) is 10.0 Å². The Morgan fingerprint density at radius 3 is 2.71 bits per heavy atom. The van der Waals surface area contributed by atoms with Gasteiger partial charge in [-0.2, -0.15) is 4.31 Å². The number of hydrogen-bond donors (Lipinski definition) is 1. The first-order valence-electron chi connectivity index (χ1n) is 6.23. The molecule has 2 unspecified atom stereocenters. The lowest BCUT2D eigenvalue weighted by molar-refractivity contribution is 0.142. The molecule has 5 nitrogen and oxygen atoms in total. The van der Waals surface area contributed by atoms with Crippen molar-refractivity contribution < 1.29 is 13.2 Å². The molecule has 2 atom stereocenters. The highest BCUT2D eigenvalue weighted by atomic mass is 32.2. The highest BCUT2D eigenvalue weighted by molar-refractivity contribution is 7.89. The van der Waals surface area contributed by atoms with Gasteiger partial charge in [0.25, 0.3) is 0 Å². The second-order valence-corrected chi connectivity index (χ2v) is 6.55. The molecule has 1 rings (SSSR count). The van der Waals surface area contributed by atoms with Gasteiger partial charge < -0.3 is 10.1 Å². The molecule has 17 heavy (non-hydrogen) atoms. The van der Waals surface area contributed by atoms with E-state index in [-0.39, 0.29) is 17.8 Å². The third-order valence-electron chi connectivity index (χ3n) is 3.14. The summed E-state index contributed by atoms with van der Waals surface area (Å²) >= 11 is 0. The molecule has 6 heteroatoms. The molecule has 1 saturated heterocycles. The largest absolute Gasteiger partial charge is 0.383 e. The monoisotopic (exact) mass is 264 g/mol. The molecule has 1 fully saturated rings. The fourth-order valence-electron chi connectivity index (χ4n) is 2.36. The van der Waals surface area contributed by atoms with Crippen molar-refractivity contribution in [3.8, 4) is 0 Å². The van der Waals surface area contributed by atoms with E-state index in [2.05, 4.69) is 5.32 Å². The Morgan fingerprint density at radius 1 is 1.53 bits per heavy atom. The molecule has 0 saturated carbocycles. The van der Waals surface area contributed by atoms with Gasteiger partial charge in [-0.15, -0.1) is 0 Å². The highest BCUT2D eigenvalue weighted by Crippen LogP contribution is 2.13. The first-order valence-corrected chi connectivity index (χ1v) is 7.84. The van der Waals surface area contributed by atoms with Crippen molar-refractivity contribution >= 4 is 10.0 Å². The van der Waals surface area contributed by atoms with Crippen LogP contribution in [0.15, 0.2) is 0 Å². The summed E-state index contributed by atoms with van der Waals surface area (Å²) in [4.78, 5) is 0. The fourth-order valence-corrected chi connectivity index (χ4v) is 4.34. The topological polar surface area (TPSA) is 58.6 Å². The van der Waals surface area contributed by atoms with E-state index in [9.17, 15) is 8.42 Å². The van der Waals surface area contributed by atoms with Crippen LogP contribution in [0.4, 0.5) is 0 Å². The third kappa shape index (κ3) is 4.21. The van der Waals surface area contributed by atoms with Crippen molar-refractivity contribution in [3.05, 3.63) is 0 Å². The summed E-state index contributed by atoms with van der Waals surface area (Å²) in [5, 5.41) is 3.23. The zero-order valence-electron chi connectivity index (χ0n) is 11.0. The Labute approximate surface area is 105 Å². The van der Waals surface area contributed by atoms with Gasteiger partial charge in [-0.25, -0.2) is 8.42 Å². The molecule has 0 aliphatic carbocycles. The van der Waals surface area contributed by atoms with Gasteiger partial charge in [0.05, 0.1) is 12.4 Å². The summed E-state index contributed by atoms with van der Waals surface area (Å²) < 4.78 is 31.1. The Balaban J connectivity index is 2.64. The Bertz CT molecular complexity index is 313. The molecule has 1 heterocycles. The molecule has 0 aromatic carbocycles. The minimum absolute atomic E-state index is 0.101. The number of nitrogens with one attached hydrogen (secondary N) is 1. The zero-order chi connectivity index (χ0) is 12.9. The first kappa shape index (κ1) is 14.9. The number of likely N-dealkylation sites (N-methyl/N-ethyl adjacent to an activating group) is 1. The number of sulfonamides is 1. The molecule has 1 aliphatic heterocycles. The van der Waals surface area contributed by atoms with Crippen LogP contribution < -0.4 is 5.32 Å². The summed E-state index contributed by atoms with van der Waals surface area (Å²) in [7, 11) is -1.59. The molecule has 1 aliphatic rings. The van der Waals surface area contributed by atoms with Crippen molar-refractivity contribution in [1.29, 1.82) is 0 Å². The van der Waals surface area contributed by atoms with Crippen molar-refractivity contribution in [1.82, 2.24) is 9.62 Å². The lowest BCUT2D eigenvalue weighted by atomic mass is 10.3. The van der Waals surface area contributed by atoms with Crippen LogP contribution in [0, 0.1) is 0 Å². The average molecular weight is 264 g/mol. The maximum Gasteiger partial charge on any atom is 0.215 e. The second-order valence-electron chi connectivity index (χ2n) is 4.58. The summed E-state index contributed by atoms with van der Waals surface area (Å²) in [5.74, 6) is 0.203. The Morgan fingerprint density at radius 2 is 2.24 bits per heavy atom. The van der Waals surface area contributed by atoms with Gasteiger partial charge in [-0.1, -0.05) is 6.92 Å². The lowest BCUT2D eigenvalue weighted by Crippen LogP contribution is -2.45. The second kappa shape index (κ2) is 6.68. The lowest BCUT2D eigenvalue weighted by Gasteiger charge is -2.27. The summed E-state index contributed by atoms with van der Waals surface area (Å²) in [5.41, 5.74) is 0. The molecule has 0 bridgehead atoms. The van der Waals surface area contributed by atoms with Gasteiger partial charge in [0.1, 0.15) is 0 Å². The van der Waals surface area contributed by atoms with Gasteiger partial charge in [-0.3, -0.25) is 0 Å². The van der Waals surface area contributed by atoms with E-state index < -0.39 is 10.0 Å². The van der Waals surface area contributed by atoms with Gasteiger partial charge in [0, 0.05) is 25.7 Å². The molecule has 0 aromatic heterocycles. The predicted octanol–water partition coefficient (Wildman–Crippen LogP) is 0.425. The summed E-state index contributed by atoms with van der Waals surface area (Å²) in [6.45, 7) is 5.61. The summed E-state index contributed by atoms with van der Waals surface area (Å²) in [6.07, 6.45) is 2.02. The van der Waals surface area contributed by atoms with Crippen LogP contribution in [0.1, 0.15) is 26.7 Å². The van der Waals surface area contributed by atoms with E-state index in [1.54, 1.807) is 7.11 Å². The number of methoxy groups -OCH3 is 1. The number of ether oxygens (including phenoxy) is 1. The van der Waals surface area contributed by atoms with Crippen LogP contribution in [0.25, 0.3) is 0 Å². The van der Waals surface area contributed by atoms with E-state index in [0.717, 1.165) is 19.4 Å². The van der Waals surface area contributed by atoms with Crippen molar-refractivity contribution in [2.45, 2.75) is 38.8 Å². The molecular weight excluding hydrogens is 240 g/mol. The smallest absolute Gasteiger partial charge is 0.215 e. The quantitative estimate of drug-likeness (QED) is 0.724. The molecule has 0 aromatic rings. The fraction of sp³-hybridized carbons (Fsp3) is 1.00. The van der Waals surface area contributed by atoms with E-state index in [0.29, 0.717) is 13.2 Å². The SMILES string of the molecule is CCN(C(C)COC)S(=O)(=O)CC1CCCN1. The van der Waals surface area contributed by atoms with Gasteiger partial charge in [0.15, 0.2) is 0 Å². The minimum Gasteiger partial charge on any atom is -0.383 e. The van der Waals surface area contributed by atoms with E-state index in [1.165, 1.54) is 4.31 Å². The van der Waals surface area contributed by atoms with Crippen LogP contribution in [-0.4, -0.2) is 57.4 Å². The van der Waals surface area contributed by atoms with Crippen LogP contribution in [0.2, 0.25) is 0 Å². The molecule has 0 spiro atoms. The van der Waals surface area contributed by atoms with Crippen LogP contribution in [0.3, 0.4) is 0 Å². The van der Waals surface area contributed by atoms with Crippen molar-refractivity contribution in [2.75, 3.05) is 32.6 Å². The Hall–Kier alpha value is -0.170. The predicted molar refractivity (Wildman–Crippen MR) is 68.5 cm³/mol. The molecule has 1 N–H and O–H groups in total. The van der Waals surface area contributed by atoms with Crippen molar-refractivity contribution in [3.63, 3.8) is 0 Å². The average Bonchev–Trinajstić information content (AvgIpc) is 2.70. The van der Waals surface area contributed by atoms with E-state index >= 15 is 0 Å². The van der Waals surface area contributed by atoms with Gasteiger partial charge in [-0.05, 0) is 26.3 Å². The van der Waals surface area contributed by atoms with E-state index in [1.807, 2.05) is 13.8 Å². The number of rotatable bonds is 7. The maximum atomic E-state index is 12.3. The number of nitrogens with zero attached hydrogens (tertiary/aromatic N) is 1. The third-order valence-corrected chi connectivity index (χ3v) is 5.30. The Kier molecular flexibility index (Phi) is 5.85. The maximum absolute atomic E-state index is 12.3. The van der Waals surface area contributed by atoms with Crippen LogP contribution in [0.5, 0.6) is 0 Å². The molecular formula is C11H24N2O3S. The standard InChI is InChI=1S/C11H24N2O3S/c1-4-13(10(2)8-16-3)17(14,15)9-11-6-5-7-12-11/h10-12H,4-9H2,1-3H3. The molecule has 102 valence electrons. The van der Waals surface area contributed by atoms with E-state index in [4.69, 9.17) is 4.74 Å². The molecule has 0 amide bonds. The van der Waals surface area contributed by atoms with Crippen LogP contribution in [-0.2, 0) is 14.8 Å². The van der Waals surface area contributed by atoms with Crippen LogP contribution >= 0.6 is 0 Å². The molecule has 0 radical (unpaired) electrons. The number of hydrogen-bond acceptors (Lipinski definition) is 4. The highest BCUT2D eigenvalue weighted by Gasteiger charge is 2.29. The van der Waals surface area contributed by atoms with Crippen molar-refractivity contribution in [2.24, 2.45) is 0 Å². The first-order chi connectivity index (χ1) is 8.01. The normalized spacial score (nSPS) is 23.2. The minimum atomic E-state index is -3.19. The van der Waals surface area contributed by atoms with Gasteiger partial charge >= 0.3 is 0 Å². The summed E-state index contributed by atoms with van der Waals surface area (Å²) in [6, 6.07) is 0.0141. The zero-order valence-corrected chi connectivity index (χ0v) is 11.8.